The van der Waals surface area contributed by atoms with Gasteiger partial charge in [-0.3, -0.25) is 4.79 Å². The van der Waals surface area contributed by atoms with Gasteiger partial charge in [-0.15, -0.1) is 0 Å². The van der Waals surface area contributed by atoms with Gasteiger partial charge in [0.1, 0.15) is 0 Å². The molecule has 1 atom stereocenters. The van der Waals surface area contributed by atoms with Gasteiger partial charge >= 0.3 is 6.03 Å². The largest absolute Gasteiger partial charge is 0.334 e. The standard InChI is InChI=1S/C15H23N3O4S/c1-4-18(12-5-6-23(21,22)9-12)15(20)16-8-13-10(2)7-11(3)17-14(13)19/h7,12H,4-6,8-9H2,1-3H3,(H,16,20)(H,17,19). The Hall–Kier alpha value is -1.83. The zero-order valence-electron chi connectivity index (χ0n) is 13.7. The Morgan fingerprint density at radius 3 is 2.65 bits per heavy atom. The van der Waals surface area contributed by atoms with Gasteiger partial charge in [0, 0.05) is 23.8 Å². The Morgan fingerprint density at radius 1 is 1.43 bits per heavy atom. The van der Waals surface area contributed by atoms with Crippen LogP contribution in [0.1, 0.15) is 30.2 Å². The molecule has 1 aliphatic rings. The summed E-state index contributed by atoms with van der Waals surface area (Å²) in [7, 11) is -3.05. The molecule has 7 nitrogen and oxygen atoms in total. The average molecular weight is 341 g/mol. The fraction of sp³-hybridized carbons (Fsp3) is 0.600. The van der Waals surface area contributed by atoms with Crippen molar-refractivity contribution in [2.45, 2.75) is 39.8 Å². The van der Waals surface area contributed by atoms with Crippen molar-refractivity contribution in [3.63, 3.8) is 0 Å². The van der Waals surface area contributed by atoms with E-state index in [-0.39, 0.29) is 35.7 Å². The van der Waals surface area contributed by atoms with Crippen LogP contribution in [0.2, 0.25) is 0 Å². The summed E-state index contributed by atoms with van der Waals surface area (Å²) in [6.45, 7) is 5.99. The highest BCUT2D eigenvalue weighted by Crippen LogP contribution is 2.17. The minimum Gasteiger partial charge on any atom is -0.334 e. The van der Waals surface area contributed by atoms with Crippen molar-refractivity contribution in [2.75, 3.05) is 18.1 Å². The number of aryl methyl sites for hydroxylation is 2. The van der Waals surface area contributed by atoms with Gasteiger partial charge in [0.2, 0.25) is 0 Å². The minimum atomic E-state index is -3.05. The first kappa shape index (κ1) is 17.5. The highest BCUT2D eigenvalue weighted by molar-refractivity contribution is 7.91. The molecule has 8 heteroatoms. The van der Waals surface area contributed by atoms with Crippen molar-refractivity contribution in [3.05, 3.63) is 33.2 Å². The number of carbonyl (C=O) groups is 1. The van der Waals surface area contributed by atoms with E-state index in [2.05, 4.69) is 10.3 Å². The highest BCUT2D eigenvalue weighted by Gasteiger charge is 2.33. The number of aromatic amines is 1. The summed E-state index contributed by atoms with van der Waals surface area (Å²) in [6, 6.07) is 1.22. The van der Waals surface area contributed by atoms with Crippen molar-refractivity contribution in [2.24, 2.45) is 0 Å². The van der Waals surface area contributed by atoms with E-state index in [0.29, 0.717) is 18.5 Å². The number of nitrogens with one attached hydrogen (secondary N) is 2. The minimum absolute atomic E-state index is 0.0123. The molecule has 0 aliphatic carbocycles. The predicted octanol–water partition coefficient (Wildman–Crippen LogP) is 0.710. The molecular weight excluding hydrogens is 318 g/mol. The Labute approximate surface area is 136 Å². The van der Waals surface area contributed by atoms with Crippen LogP contribution >= 0.6 is 0 Å². The number of rotatable bonds is 4. The topological polar surface area (TPSA) is 99.3 Å². The van der Waals surface area contributed by atoms with Crippen LogP contribution in [0.5, 0.6) is 0 Å². The predicted molar refractivity (Wildman–Crippen MR) is 88.2 cm³/mol. The summed E-state index contributed by atoms with van der Waals surface area (Å²) >= 11 is 0. The van der Waals surface area contributed by atoms with Gasteiger partial charge in [-0.1, -0.05) is 0 Å². The molecule has 23 heavy (non-hydrogen) atoms. The van der Waals surface area contributed by atoms with Crippen LogP contribution in [-0.4, -0.2) is 48.4 Å². The van der Waals surface area contributed by atoms with Crippen molar-refractivity contribution < 1.29 is 13.2 Å². The van der Waals surface area contributed by atoms with E-state index in [9.17, 15) is 18.0 Å². The van der Waals surface area contributed by atoms with E-state index in [4.69, 9.17) is 0 Å². The molecule has 0 bridgehead atoms. The number of H-pyrrole nitrogens is 1. The fourth-order valence-corrected chi connectivity index (χ4v) is 4.69. The molecule has 2 rings (SSSR count). The maximum atomic E-state index is 12.3. The number of urea groups is 1. The highest BCUT2D eigenvalue weighted by atomic mass is 32.2. The number of pyridine rings is 1. The van der Waals surface area contributed by atoms with Crippen molar-refractivity contribution in [1.29, 1.82) is 0 Å². The molecule has 1 aromatic heterocycles. The van der Waals surface area contributed by atoms with Crippen LogP contribution in [0.25, 0.3) is 0 Å². The first-order valence-corrected chi connectivity index (χ1v) is 9.50. The molecule has 0 aromatic carbocycles. The summed E-state index contributed by atoms with van der Waals surface area (Å²) in [6.07, 6.45) is 0.466. The Kier molecular flexibility index (Phi) is 5.13. The lowest BCUT2D eigenvalue weighted by Gasteiger charge is -2.27. The first-order chi connectivity index (χ1) is 10.7. The second-order valence-electron chi connectivity index (χ2n) is 5.94. The SMILES string of the molecule is CCN(C(=O)NCc1c(C)cc(C)[nH]c1=O)C1CCS(=O)(=O)C1. The zero-order chi connectivity index (χ0) is 17.2. The smallest absolute Gasteiger partial charge is 0.317 e. The van der Waals surface area contributed by atoms with Gasteiger partial charge in [0.05, 0.1) is 18.1 Å². The molecule has 1 unspecified atom stereocenters. The van der Waals surface area contributed by atoms with E-state index >= 15 is 0 Å². The lowest BCUT2D eigenvalue weighted by molar-refractivity contribution is 0.183. The Morgan fingerprint density at radius 2 is 2.13 bits per heavy atom. The third-order valence-corrected chi connectivity index (χ3v) is 5.91. The maximum Gasteiger partial charge on any atom is 0.317 e. The summed E-state index contributed by atoms with van der Waals surface area (Å²) in [4.78, 5) is 28.5. The number of sulfone groups is 1. The Bertz CT molecular complexity index is 754. The van der Waals surface area contributed by atoms with E-state index < -0.39 is 9.84 Å². The van der Waals surface area contributed by atoms with Crippen molar-refractivity contribution >= 4 is 15.9 Å². The van der Waals surface area contributed by atoms with Crippen LogP contribution in [0.15, 0.2) is 10.9 Å². The number of aromatic nitrogens is 1. The first-order valence-electron chi connectivity index (χ1n) is 7.68. The second-order valence-corrected chi connectivity index (χ2v) is 8.17. The molecule has 1 saturated heterocycles. The van der Waals surface area contributed by atoms with Gasteiger partial charge in [-0.25, -0.2) is 13.2 Å². The maximum absolute atomic E-state index is 12.3. The molecular formula is C15H23N3O4S. The second kappa shape index (κ2) is 6.74. The number of nitrogens with zero attached hydrogens (tertiary/aromatic N) is 1. The molecule has 0 radical (unpaired) electrons. The van der Waals surface area contributed by atoms with E-state index in [1.54, 1.807) is 6.92 Å². The normalized spacial score (nSPS) is 19.5. The lowest BCUT2D eigenvalue weighted by Crippen LogP contribution is -2.46. The van der Waals surface area contributed by atoms with Gasteiger partial charge in [0.15, 0.2) is 9.84 Å². The molecule has 0 spiro atoms. The number of hydrogen-bond acceptors (Lipinski definition) is 4. The number of hydrogen-bond donors (Lipinski definition) is 2. The molecule has 2 amide bonds. The fourth-order valence-electron chi connectivity index (χ4n) is 2.96. The molecule has 0 saturated carbocycles. The average Bonchev–Trinajstić information content (AvgIpc) is 2.78. The summed E-state index contributed by atoms with van der Waals surface area (Å²) in [5.41, 5.74) is 1.89. The van der Waals surface area contributed by atoms with Crippen LogP contribution < -0.4 is 10.9 Å². The molecule has 1 fully saturated rings. The third kappa shape index (κ3) is 4.13. The van der Waals surface area contributed by atoms with Gasteiger partial charge in [-0.2, -0.15) is 0 Å². The van der Waals surface area contributed by atoms with E-state index in [1.165, 1.54) is 4.90 Å². The van der Waals surface area contributed by atoms with Crippen molar-refractivity contribution in [1.82, 2.24) is 15.2 Å². The van der Waals surface area contributed by atoms with Crippen LogP contribution in [0.3, 0.4) is 0 Å². The monoisotopic (exact) mass is 341 g/mol. The molecule has 2 heterocycles. The van der Waals surface area contributed by atoms with E-state index in [0.717, 1.165) is 11.3 Å². The van der Waals surface area contributed by atoms with Crippen LogP contribution in [-0.2, 0) is 16.4 Å². The Balaban J connectivity index is 2.05. The lowest BCUT2D eigenvalue weighted by atomic mass is 10.1. The molecule has 1 aromatic rings. The molecule has 2 N–H and O–H groups in total. The molecule has 1 aliphatic heterocycles. The summed E-state index contributed by atoms with van der Waals surface area (Å²) in [5, 5.41) is 2.73. The van der Waals surface area contributed by atoms with Crippen LogP contribution in [0, 0.1) is 13.8 Å². The zero-order valence-corrected chi connectivity index (χ0v) is 14.5. The summed E-state index contributed by atoms with van der Waals surface area (Å²) < 4.78 is 23.2. The molecule has 128 valence electrons. The van der Waals surface area contributed by atoms with Gasteiger partial charge < -0.3 is 15.2 Å². The third-order valence-electron chi connectivity index (χ3n) is 4.16. The number of amides is 2. The van der Waals surface area contributed by atoms with Crippen LogP contribution in [0.4, 0.5) is 4.79 Å². The van der Waals surface area contributed by atoms with E-state index in [1.807, 2.05) is 19.9 Å². The van der Waals surface area contributed by atoms with Gasteiger partial charge in [-0.05, 0) is 38.8 Å². The summed E-state index contributed by atoms with van der Waals surface area (Å²) in [5.74, 6) is 0.136. The number of carbonyl (C=O) groups excluding carboxylic acids is 1. The van der Waals surface area contributed by atoms with Gasteiger partial charge in [0.25, 0.3) is 5.56 Å². The quantitative estimate of drug-likeness (QED) is 0.842. The van der Waals surface area contributed by atoms with Crippen molar-refractivity contribution in [3.8, 4) is 0 Å².